The van der Waals surface area contributed by atoms with Crippen molar-refractivity contribution in [1.29, 1.82) is 0 Å². The van der Waals surface area contributed by atoms with Crippen LogP contribution >= 0.6 is 0 Å². The lowest BCUT2D eigenvalue weighted by atomic mass is 10.2. The van der Waals surface area contributed by atoms with Crippen molar-refractivity contribution in [2.45, 2.75) is 6.54 Å². The summed E-state index contributed by atoms with van der Waals surface area (Å²) in [5.74, 6) is 1.84. The number of benzene rings is 1. The minimum Gasteiger partial charge on any atom is -0.378 e. The molecule has 2 aromatic heterocycles. The molecule has 30 heavy (non-hydrogen) atoms. The Bertz CT molecular complexity index is 1020. The van der Waals surface area contributed by atoms with E-state index in [0.29, 0.717) is 32.8 Å². The van der Waals surface area contributed by atoms with E-state index in [1.807, 2.05) is 40.1 Å². The molecular weight excluding hydrogens is 380 g/mol. The molecule has 0 spiro atoms. The second-order valence-corrected chi connectivity index (χ2v) is 7.68. The predicted octanol–water partition coefficient (Wildman–Crippen LogP) is 1.62. The van der Waals surface area contributed by atoms with Gasteiger partial charge in [-0.2, -0.15) is 4.98 Å². The van der Waals surface area contributed by atoms with Crippen LogP contribution in [0, 0.1) is 0 Å². The maximum atomic E-state index is 12.9. The van der Waals surface area contributed by atoms with Gasteiger partial charge >= 0.3 is 0 Å². The number of amides is 1. The average Bonchev–Trinajstić information content (AvgIpc) is 3.23. The lowest BCUT2D eigenvalue weighted by Gasteiger charge is -2.36. The maximum Gasteiger partial charge on any atom is 0.242 e. The molecule has 156 valence electrons. The van der Waals surface area contributed by atoms with Crippen LogP contribution in [0.1, 0.15) is 0 Å². The molecule has 0 bridgehead atoms. The Hall–Kier alpha value is -3.13. The molecule has 2 saturated heterocycles. The molecule has 0 unspecified atom stereocenters. The van der Waals surface area contributed by atoms with Crippen LogP contribution in [0.2, 0.25) is 0 Å². The Kier molecular flexibility index (Phi) is 5.23. The molecule has 8 nitrogen and oxygen atoms in total. The van der Waals surface area contributed by atoms with Crippen molar-refractivity contribution in [3.05, 3.63) is 48.8 Å². The lowest BCUT2D eigenvalue weighted by molar-refractivity contribution is -0.132. The van der Waals surface area contributed by atoms with Crippen LogP contribution in [0.4, 0.5) is 11.8 Å². The third-order valence-electron chi connectivity index (χ3n) is 5.86. The van der Waals surface area contributed by atoms with Crippen molar-refractivity contribution in [1.82, 2.24) is 19.4 Å². The van der Waals surface area contributed by atoms with E-state index in [-0.39, 0.29) is 5.91 Å². The summed E-state index contributed by atoms with van der Waals surface area (Å²) in [5, 5.41) is 1.16. The number of morpholine rings is 1. The van der Waals surface area contributed by atoms with E-state index in [1.165, 1.54) is 0 Å². The summed E-state index contributed by atoms with van der Waals surface area (Å²) in [6.45, 7) is 6.40. The van der Waals surface area contributed by atoms with Crippen molar-refractivity contribution >= 4 is 28.6 Å². The normalized spacial score (nSPS) is 17.5. The number of carbonyl (C=O) groups is 1. The topological polar surface area (TPSA) is 66.7 Å². The van der Waals surface area contributed by atoms with E-state index in [2.05, 4.69) is 33.0 Å². The Labute approximate surface area is 175 Å². The first kappa shape index (κ1) is 18.9. The van der Waals surface area contributed by atoms with Crippen LogP contribution in [-0.2, 0) is 16.1 Å². The summed E-state index contributed by atoms with van der Waals surface area (Å²) < 4.78 is 7.45. The van der Waals surface area contributed by atoms with Gasteiger partial charge in [0.05, 0.1) is 13.2 Å². The number of anilines is 2. The molecule has 4 heterocycles. The lowest BCUT2D eigenvalue weighted by Crippen LogP contribution is -2.50. The molecule has 1 aromatic carbocycles. The van der Waals surface area contributed by atoms with Gasteiger partial charge in [-0.05, 0) is 23.6 Å². The van der Waals surface area contributed by atoms with Crippen molar-refractivity contribution in [2.75, 3.05) is 62.3 Å². The van der Waals surface area contributed by atoms with Gasteiger partial charge in [0.25, 0.3) is 0 Å². The molecule has 2 fully saturated rings. The number of aromatic nitrogens is 3. The fourth-order valence-corrected chi connectivity index (χ4v) is 4.14. The molecule has 2 aliphatic heterocycles. The van der Waals surface area contributed by atoms with Gasteiger partial charge in [0.1, 0.15) is 12.4 Å². The second kappa shape index (κ2) is 8.31. The van der Waals surface area contributed by atoms with Crippen LogP contribution in [0.5, 0.6) is 0 Å². The summed E-state index contributed by atoms with van der Waals surface area (Å²) >= 11 is 0. The number of para-hydroxylation sites is 1. The molecular formula is C22H26N6O2. The highest BCUT2D eigenvalue weighted by molar-refractivity contribution is 5.83. The molecule has 0 N–H and O–H groups in total. The van der Waals surface area contributed by atoms with E-state index in [0.717, 1.165) is 48.8 Å². The summed E-state index contributed by atoms with van der Waals surface area (Å²) in [5.41, 5.74) is 1.10. The van der Waals surface area contributed by atoms with Crippen LogP contribution in [0.25, 0.3) is 10.9 Å². The average molecular weight is 406 g/mol. The molecule has 8 heteroatoms. The summed E-state index contributed by atoms with van der Waals surface area (Å²) in [4.78, 5) is 28.4. The Morgan fingerprint density at radius 2 is 1.73 bits per heavy atom. The number of hydrogen-bond donors (Lipinski definition) is 0. The zero-order valence-corrected chi connectivity index (χ0v) is 17.0. The number of piperazine rings is 1. The van der Waals surface area contributed by atoms with E-state index in [1.54, 1.807) is 0 Å². The molecule has 5 rings (SSSR count). The van der Waals surface area contributed by atoms with Crippen molar-refractivity contribution < 1.29 is 9.53 Å². The molecule has 2 aliphatic rings. The number of rotatable bonds is 4. The summed E-state index contributed by atoms with van der Waals surface area (Å²) in [7, 11) is 0. The number of ether oxygens (including phenoxy) is 1. The van der Waals surface area contributed by atoms with Crippen LogP contribution in [0.3, 0.4) is 0 Å². The summed E-state index contributed by atoms with van der Waals surface area (Å²) in [6, 6.07) is 12.2. The van der Waals surface area contributed by atoms with Crippen LogP contribution in [0.15, 0.2) is 48.8 Å². The monoisotopic (exact) mass is 406 g/mol. The number of hydrogen-bond acceptors (Lipinski definition) is 6. The van der Waals surface area contributed by atoms with Gasteiger partial charge in [-0.15, -0.1) is 0 Å². The Morgan fingerprint density at radius 3 is 2.57 bits per heavy atom. The standard InChI is InChI=1S/C22H26N6O2/c29-21(17-28-8-6-18-3-1-2-4-19(18)28)26-11-9-25(10-12-26)20-5-7-23-22(24-20)27-13-15-30-16-14-27/h1-8H,9-17H2. The van der Waals surface area contributed by atoms with Gasteiger partial charge in [-0.3, -0.25) is 4.79 Å². The predicted molar refractivity (Wildman–Crippen MR) is 116 cm³/mol. The molecule has 0 saturated carbocycles. The third-order valence-corrected chi connectivity index (χ3v) is 5.86. The van der Waals surface area contributed by atoms with Crippen LogP contribution in [-0.4, -0.2) is 77.8 Å². The molecule has 0 atom stereocenters. The van der Waals surface area contributed by atoms with E-state index in [9.17, 15) is 4.79 Å². The van der Waals surface area contributed by atoms with E-state index in [4.69, 9.17) is 9.72 Å². The Morgan fingerprint density at radius 1 is 0.933 bits per heavy atom. The quantitative estimate of drug-likeness (QED) is 0.656. The number of fused-ring (bicyclic) bond motifs is 1. The first-order valence-corrected chi connectivity index (χ1v) is 10.5. The summed E-state index contributed by atoms with van der Waals surface area (Å²) in [6.07, 6.45) is 3.81. The van der Waals surface area contributed by atoms with Gasteiger partial charge in [0, 0.05) is 57.2 Å². The zero-order valence-electron chi connectivity index (χ0n) is 17.0. The van der Waals surface area contributed by atoms with Gasteiger partial charge in [0.2, 0.25) is 11.9 Å². The highest BCUT2D eigenvalue weighted by atomic mass is 16.5. The van der Waals surface area contributed by atoms with Gasteiger partial charge in [-0.1, -0.05) is 18.2 Å². The van der Waals surface area contributed by atoms with Gasteiger partial charge < -0.3 is 24.0 Å². The fourth-order valence-electron chi connectivity index (χ4n) is 4.14. The minimum absolute atomic E-state index is 0.160. The Balaban J connectivity index is 1.20. The highest BCUT2D eigenvalue weighted by Crippen LogP contribution is 2.19. The smallest absolute Gasteiger partial charge is 0.242 e. The number of carbonyl (C=O) groups excluding carboxylic acids is 1. The molecule has 0 radical (unpaired) electrons. The minimum atomic E-state index is 0.160. The van der Waals surface area contributed by atoms with E-state index < -0.39 is 0 Å². The van der Waals surface area contributed by atoms with Crippen LogP contribution < -0.4 is 9.80 Å². The first-order valence-electron chi connectivity index (χ1n) is 10.5. The fraction of sp³-hybridized carbons (Fsp3) is 0.409. The van der Waals surface area contributed by atoms with E-state index >= 15 is 0 Å². The third kappa shape index (κ3) is 3.82. The van der Waals surface area contributed by atoms with Crippen molar-refractivity contribution in [2.24, 2.45) is 0 Å². The highest BCUT2D eigenvalue weighted by Gasteiger charge is 2.23. The van der Waals surface area contributed by atoms with Gasteiger partial charge in [-0.25, -0.2) is 4.98 Å². The number of nitrogens with zero attached hydrogens (tertiary/aromatic N) is 6. The largest absolute Gasteiger partial charge is 0.378 e. The van der Waals surface area contributed by atoms with Crippen molar-refractivity contribution in [3.8, 4) is 0 Å². The second-order valence-electron chi connectivity index (χ2n) is 7.68. The molecule has 3 aromatic rings. The van der Waals surface area contributed by atoms with Crippen molar-refractivity contribution in [3.63, 3.8) is 0 Å². The molecule has 1 amide bonds. The maximum absolute atomic E-state index is 12.9. The zero-order chi connectivity index (χ0) is 20.3. The SMILES string of the molecule is O=C(Cn1ccc2ccccc21)N1CCN(c2ccnc(N3CCOCC3)n2)CC1. The van der Waals surface area contributed by atoms with Gasteiger partial charge in [0.15, 0.2) is 0 Å². The molecule has 0 aliphatic carbocycles. The first-order chi connectivity index (χ1) is 14.8.